The Kier molecular flexibility index (Phi) is 19.1. The predicted molar refractivity (Wildman–Crippen MR) is 138 cm³/mol. The zero-order valence-electron chi connectivity index (χ0n) is 22.2. The van der Waals surface area contributed by atoms with Gasteiger partial charge in [-0.05, 0) is 37.8 Å². The van der Waals surface area contributed by atoms with Gasteiger partial charge in [0.25, 0.3) is 0 Å². The van der Waals surface area contributed by atoms with Crippen LogP contribution < -0.4 is 0 Å². The van der Waals surface area contributed by atoms with E-state index in [1.165, 1.54) is 129 Å². The quantitative estimate of drug-likeness (QED) is 0.0938. The summed E-state index contributed by atoms with van der Waals surface area (Å²) in [5, 5.41) is 0. The number of likely N-dealkylation sites (N-methyl/N-ethyl adjacent to an activating group) is 2. The molecule has 0 unspecified atom stereocenters. The zero-order chi connectivity index (χ0) is 22.6. The highest BCUT2D eigenvalue weighted by Gasteiger charge is 2.14. The van der Waals surface area contributed by atoms with Crippen molar-refractivity contribution in [3.8, 4) is 0 Å². The molecule has 0 aliphatic heterocycles. The third-order valence-electron chi connectivity index (χ3n) is 6.60. The van der Waals surface area contributed by atoms with Crippen molar-refractivity contribution in [2.75, 3.05) is 54.4 Å². The Morgan fingerprint density at radius 3 is 0.967 bits per heavy atom. The fraction of sp³-hybridized carbons (Fsp3) is 0.929. The number of quaternary nitrogens is 2. The van der Waals surface area contributed by atoms with Crippen molar-refractivity contribution in [2.45, 2.75) is 117 Å². The van der Waals surface area contributed by atoms with Gasteiger partial charge in [0.1, 0.15) is 0 Å². The average Bonchev–Trinajstić information content (AvgIpc) is 2.69. The van der Waals surface area contributed by atoms with Gasteiger partial charge in [-0.1, -0.05) is 90.9 Å². The van der Waals surface area contributed by atoms with Crippen molar-refractivity contribution in [1.29, 1.82) is 0 Å². The molecule has 0 aromatic carbocycles. The first-order chi connectivity index (χ1) is 14.3. The van der Waals surface area contributed by atoms with Crippen molar-refractivity contribution in [3.63, 3.8) is 0 Å². The van der Waals surface area contributed by atoms with Gasteiger partial charge in [-0.2, -0.15) is 0 Å². The highest BCUT2D eigenvalue weighted by molar-refractivity contribution is 4.81. The van der Waals surface area contributed by atoms with Crippen molar-refractivity contribution in [2.24, 2.45) is 0 Å². The largest absolute Gasteiger partial charge is 0.325 e. The van der Waals surface area contributed by atoms with E-state index < -0.39 is 0 Å². The van der Waals surface area contributed by atoms with Crippen LogP contribution in [0.4, 0.5) is 0 Å². The molecule has 0 aromatic rings. The molecule has 0 saturated heterocycles. The minimum atomic E-state index is 1.14. The molecule has 0 spiro atoms. The number of hydrogen-bond acceptors (Lipinski definition) is 0. The Morgan fingerprint density at radius 1 is 0.400 bits per heavy atom. The summed E-state index contributed by atoms with van der Waals surface area (Å²) in [4.78, 5) is 0. The minimum absolute atomic E-state index is 1.14. The first-order valence-corrected chi connectivity index (χ1v) is 13.6. The van der Waals surface area contributed by atoms with Crippen molar-refractivity contribution >= 4 is 0 Å². The smallest absolute Gasteiger partial charge is 0.0971 e. The lowest BCUT2D eigenvalue weighted by molar-refractivity contribution is -0.887. The summed E-state index contributed by atoms with van der Waals surface area (Å²) in [6, 6.07) is 0. The summed E-state index contributed by atoms with van der Waals surface area (Å²) in [6.45, 7) is 9.57. The Bertz CT molecular complexity index is 348. The van der Waals surface area contributed by atoms with Crippen LogP contribution in [-0.4, -0.2) is 63.3 Å². The van der Waals surface area contributed by atoms with Gasteiger partial charge in [0.05, 0.1) is 54.4 Å². The van der Waals surface area contributed by atoms with Crippen LogP contribution >= 0.6 is 0 Å². The molecule has 0 aliphatic carbocycles. The van der Waals surface area contributed by atoms with E-state index in [0.29, 0.717) is 0 Å². The van der Waals surface area contributed by atoms with Crippen LogP contribution in [0.5, 0.6) is 0 Å². The van der Waals surface area contributed by atoms with E-state index in [1.807, 2.05) is 0 Å². The molecule has 2 heteroatoms. The number of rotatable bonds is 22. The molecule has 0 atom stereocenters. The van der Waals surface area contributed by atoms with Crippen LogP contribution in [0.1, 0.15) is 117 Å². The molecule has 0 aromatic heterocycles. The Morgan fingerprint density at radius 2 is 0.667 bits per heavy atom. The molecule has 0 fully saturated rings. The fourth-order valence-electron chi connectivity index (χ4n) is 4.25. The number of nitrogens with zero attached hydrogens (tertiary/aromatic N) is 2. The Labute approximate surface area is 192 Å². The lowest BCUT2D eigenvalue weighted by atomic mass is 10.1. The van der Waals surface area contributed by atoms with Crippen LogP contribution in [0.25, 0.3) is 0 Å². The van der Waals surface area contributed by atoms with Crippen molar-refractivity contribution < 1.29 is 8.97 Å². The monoisotopic (exact) mass is 424 g/mol. The molecule has 2 nitrogen and oxygen atoms in total. The van der Waals surface area contributed by atoms with Gasteiger partial charge in [-0.3, -0.25) is 0 Å². The van der Waals surface area contributed by atoms with E-state index in [0.717, 1.165) is 8.97 Å². The van der Waals surface area contributed by atoms with E-state index in [4.69, 9.17) is 0 Å². The molecule has 0 bridgehead atoms. The molecule has 30 heavy (non-hydrogen) atoms. The van der Waals surface area contributed by atoms with Gasteiger partial charge in [-0.15, -0.1) is 0 Å². The highest BCUT2D eigenvalue weighted by Crippen LogP contribution is 2.12. The van der Waals surface area contributed by atoms with Gasteiger partial charge >= 0.3 is 0 Å². The Hall–Kier alpha value is -0.340. The molecular formula is C28H60N2+2. The van der Waals surface area contributed by atoms with Gasteiger partial charge in [0.15, 0.2) is 0 Å². The lowest BCUT2D eigenvalue weighted by Crippen LogP contribution is -2.42. The summed E-state index contributed by atoms with van der Waals surface area (Å²) in [7, 11) is 9.58. The second-order valence-electron chi connectivity index (χ2n) is 11.1. The molecule has 0 amide bonds. The van der Waals surface area contributed by atoms with Crippen molar-refractivity contribution in [1.82, 2.24) is 0 Å². The molecule has 0 N–H and O–H groups in total. The van der Waals surface area contributed by atoms with Gasteiger partial charge in [-0.25, -0.2) is 0 Å². The molecular weight excluding hydrogens is 364 g/mol. The Balaban J connectivity index is 3.74. The van der Waals surface area contributed by atoms with E-state index in [9.17, 15) is 0 Å². The second kappa shape index (κ2) is 19.4. The van der Waals surface area contributed by atoms with Crippen LogP contribution in [0.2, 0.25) is 0 Å². The fourth-order valence-corrected chi connectivity index (χ4v) is 4.25. The molecule has 0 aliphatic rings. The summed E-state index contributed by atoms with van der Waals surface area (Å²) >= 11 is 0. The zero-order valence-corrected chi connectivity index (χ0v) is 22.2. The highest BCUT2D eigenvalue weighted by atomic mass is 15.3. The third-order valence-corrected chi connectivity index (χ3v) is 6.60. The van der Waals surface area contributed by atoms with Crippen LogP contribution in [-0.2, 0) is 0 Å². The lowest BCUT2D eigenvalue weighted by Gasteiger charge is -2.30. The summed E-state index contributed by atoms with van der Waals surface area (Å²) in [5.41, 5.74) is 0. The van der Waals surface area contributed by atoms with Gasteiger partial charge < -0.3 is 8.97 Å². The second-order valence-corrected chi connectivity index (χ2v) is 11.1. The first kappa shape index (κ1) is 29.7. The van der Waals surface area contributed by atoms with E-state index in [1.54, 1.807) is 0 Å². The summed E-state index contributed by atoms with van der Waals surface area (Å²) in [5.74, 6) is 0. The molecule has 0 heterocycles. The van der Waals surface area contributed by atoms with E-state index >= 15 is 0 Å². The maximum absolute atomic E-state index is 2.44. The molecule has 0 saturated carbocycles. The summed E-state index contributed by atoms with van der Waals surface area (Å²) < 4.78 is 2.27. The minimum Gasteiger partial charge on any atom is -0.325 e. The van der Waals surface area contributed by atoms with E-state index in [-0.39, 0.29) is 0 Å². The maximum Gasteiger partial charge on any atom is 0.0971 e. The average molecular weight is 425 g/mol. The van der Waals surface area contributed by atoms with E-state index in [2.05, 4.69) is 54.2 Å². The SMILES string of the molecule is CCCCCCCCCC[N+](C)(C)C/C=C/C[N+](C)(C)CCCCCCCCCC. The van der Waals surface area contributed by atoms with Crippen LogP contribution in [0, 0.1) is 0 Å². The third kappa shape index (κ3) is 20.9. The van der Waals surface area contributed by atoms with Crippen LogP contribution in [0.15, 0.2) is 12.2 Å². The summed E-state index contributed by atoms with van der Waals surface area (Å²) in [6.07, 6.45) is 27.6. The predicted octanol–water partition coefficient (Wildman–Crippen LogP) is 7.98. The molecule has 180 valence electrons. The topological polar surface area (TPSA) is 0 Å². The number of unbranched alkanes of at least 4 members (excludes halogenated alkanes) is 14. The van der Waals surface area contributed by atoms with Crippen molar-refractivity contribution in [3.05, 3.63) is 12.2 Å². The van der Waals surface area contributed by atoms with Gasteiger partial charge in [0, 0.05) is 0 Å². The maximum atomic E-state index is 2.44. The first-order valence-electron chi connectivity index (χ1n) is 13.6. The molecule has 0 rings (SSSR count). The standard InChI is InChI=1S/C28H60N2/c1-7-9-11-13-15-17-19-21-25-29(3,4)27-23-24-28-30(5,6)26-22-20-18-16-14-12-10-8-2/h23-24H,7-22,25-28H2,1-6H3/q+2/b24-23+. The van der Waals surface area contributed by atoms with Crippen LogP contribution in [0.3, 0.4) is 0 Å². The van der Waals surface area contributed by atoms with Gasteiger partial charge in [0.2, 0.25) is 0 Å². The number of hydrogen-bond donors (Lipinski definition) is 0. The normalized spacial score (nSPS) is 12.9. The molecule has 0 radical (unpaired) electrons.